The summed E-state index contributed by atoms with van der Waals surface area (Å²) in [6.07, 6.45) is -0.466. The van der Waals surface area contributed by atoms with Crippen molar-refractivity contribution in [3.63, 3.8) is 0 Å². The number of aliphatic hydroxyl groups excluding tert-OH is 1. The Balaban J connectivity index is 2.39. The van der Waals surface area contributed by atoms with Crippen LogP contribution in [0.25, 0.3) is 0 Å². The summed E-state index contributed by atoms with van der Waals surface area (Å²) in [7, 11) is 0. The first-order chi connectivity index (χ1) is 8.69. The Morgan fingerprint density at radius 3 is 2.67 bits per heavy atom. The van der Waals surface area contributed by atoms with Crippen LogP contribution in [0.1, 0.15) is 19.4 Å². The van der Waals surface area contributed by atoms with Crippen molar-refractivity contribution < 1.29 is 9.84 Å². The molecule has 4 nitrogen and oxygen atoms in total. The summed E-state index contributed by atoms with van der Waals surface area (Å²) in [5.74, 6) is 0.761. The highest BCUT2D eigenvalue weighted by atomic mass is 16.5. The van der Waals surface area contributed by atoms with Gasteiger partial charge in [-0.2, -0.15) is 0 Å². The van der Waals surface area contributed by atoms with E-state index in [0.717, 1.165) is 24.4 Å². The van der Waals surface area contributed by atoms with Gasteiger partial charge in [0, 0.05) is 13.1 Å². The largest absolute Gasteiger partial charge is 0.491 e. The number of rotatable bonds is 8. The average molecular weight is 252 g/mol. The predicted octanol–water partition coefficient (Wildman–Crippen LogP) is 1.23. The van der Waals surface area contributed by atoms with Crippen LogP contribution < -0.4 is 10.5 Å². The Morgan fingerprint density at radius 1 is 1.33 bits per heavy atom. The zero-order valence-electron chi connectivity index (χ0n) is 11.3. The third-order valence-electron chi connectivity index (χ3n) is 2.94. The van der Waals surface area contributed by atoms with Gasteiger partial charge in [0.2, 0.25) is 0 Å². The molecule has 4 heteroatoms. The lowest BCUT2D eigenvalue weighted by atomic mass is 10.2. The minimum Gasteiger partial charge on any atom is -0.491 e. The molecule has 0 heterocycles. The lowest BCUT2D eigenvalue weighted by Crippen LogP contribution is -2.35. The molecule has 1 unspecified atom stereocenters. The average Bonchev–Trinajstić information content (AvgIpc) is 2.42. The van der Waals surface area contributed by atoms with Gasteiger partial charge in [0.25, 0.3) is 0 Å². The van der Waals surface area contributed by atoms with E-state index in [1.807, 2.05) is 24.3 Å². The molecule has 0 bridgehead atoms. The number of aliphatic hydroxyl groups is 1. The first-order valence-electron chi connectivity index (χ1n) is 6.51. The maximum absolute atomic E-state index is 9.88. The highest BCUT2D eigenvalue weighted by molar-refractivity contribution is 5.28. The second kappa shape index (κ2) is 8.08. The number of hydrogen-bond acceptors (Lipinski definition) is 4. The quantitative estimate of drug-likeness (QED) is 0.730. The SMILES string of the molecule is CCN(CC)CC(O)COc1cccc(CN)c1. The van der Waals surface area contributed by atoms with Crippen molar-refractivity contribution in [3.05, 3.63) is 29.8 Å². The molecule has 18 heavy (non-hydrogen) atoms. The molecule has 1 aromatic carbocycles. The number of nitrogens with zero attached hydrogens (tertiary/aromatic N) is 1. The molecule has 0 saturated heterocycles. The van der Waals surface area contributed by atoms with Crippen LogP contribution in [0.2, 0.25) is 0 Å². The third kappa shape index (κ3) is 5.04. The summed E-state index contributed by atoms with van der Waals surface area (Å²) >= 11 is 0. The van der Waals surface area contributed by atoms with E-state index in [1.54, 1.807) is 0 Å². The van der Waals surface area contributed by atoms with Crippen molar-refractivity contribution in [3.8, 4) is 5.75 Å². The van der Waals surface area contributed by atoms with E-state index in [4.69, 9.17) is 10.5 Å². The van der Waals surface area contributed by atoms with E-state index in [1.165, 1.54) is 0 Å². The van der Waals surface area contributed by atoms with Gasteiger partial charge in [-0.3, -0.25) is 0 Å². The Morgan fingerprint density at radius 2 is 2.06 bits per heavy atom. The molecule has 0 spiro atoms. The summed E-state index contributed by atoms with van der Waals surface area (Å²) < 4.78 is 5.57. The van der Waals surface area contributed by atoms with Crippen LogP contribution in [0.3, 0.4) is 0 Å². The number of benzene rings is 1. The molecule has 0 saturated carbocycles. The van der Waals surface area contributed by atoms with E-state index in [-0.39, 0.29) is 0 Å². The molecular formula is C14H24N2O2. The molecule has 1 aromatic rings. The summed E-state index contributed by atoms with van der Waals surface area (Å²) in [5, 5.41) is 9.88. The topological polar surface area (TPSA) is 58.7 Å². The highest BCUT2D eigenvalue weighted by Gasteiger charge is 2.09. The molecule has 102 valence electrons. The molecule has 0 fully saturated rings. The van der Waals surface area contributed by atoms with Gasteiger partial charge in [-0.05, 0) is 30.8 Å². The van der Waals surface area contributed by atoms with Gasteiger partial charge >= 0.3 is 0 Å². The van der Waals surface area contributed by atoms with Crippen molar-refractivity contribution in [2.45, 2.75) is 26.5 Å². The van der Waals surface area contributed by atoms with Gasteiger partial charge in [-0.1, -0.05) is 26.0 Å². The third-order valence-corrected chi connectivity index (χ3v) is 2.94. The monoisotopic (exact) mass is 252 g/mol. The Kier molecular flexibility index (Phi) is 6.72. The van der Waals surface area contributed by atoms with Crippen LogP contribution in [0.5, 0.6) is 5.75 Å². The van der Waals surface area contributed by atoms with Crippen molar-refractivity contribution >= 4 is 0 Å². The molecule has 0 aromatic heterocycles. The maximum Gasteiger partial charge on any atom is 0.119 e. The second-order valence-corrected chi connectivity index (χ2v) is 4.30. The molecule has 1 rings (SSSR count). The highest BCUT2D eigenvalue weighted by Crippen LogP contribution is 2.13. The standard InChI is InChI=1S/C14H24N2O2/c1-3-16(4-2)10-13(17)11-18-14-7-5-6-12(8-14)9-15/h5-8,13,17H,3-4,9-11,15H2,1-2H3. The van der Waals surface area contributed by atoms with Gasteiger partial charge in [0.15, 0.2) is 0 Å². The fourth-order valence-electron chi connectivity index (χ4n) is 1.79. The first kappa shape index (κ1) is 15.0. The minimum absolute atomic E-state index is 0.310. The molecule has 0 amide bonds. The summed E-state index contributed by atoms with van der Waals surface area (Å²) in [6.45, 7) is 7.50. The zero-order chi connectivity index (χ0) is 13.4. The van der Waals surface area contributed by atoms with Gasteiger partial charge in [-0.25, -0.2) is 0 Å². The van der Waals surface area contributed by atoms with Crippen LogP contribution in [-0.2, 0) is 6.54 Å². The summed E-state index contributed by atoms with van der Waals surface area (Å²) in [5.41, 5.74) is 6.60. The molecule has 0 radical (unpaired) electrons. The van der Waals surface area contributed by atoms with E-state index < -0.39 is 6.10 Å². The minimum atomic E-state index is -0.466. The van der Waals surface area contributed by atoms with Crippen LogP contribution in [0.4, 0.5) is 0 Å². The first-order valence-corrected chi connectivity index (χ1v) is 6.51. The van der Waals surface area contributed by atoms with Crippen LogP contribution in [0, 0.1) is 0 Å². The number of nitrogens with two attached hydrogens (primary N) is 1. The fraction of sp³-hybridized carbons (Fsp3) is 0.571. The Hall–Kier alpha value is -1.10. The Labute approximate surface area is 109 Å². The Bertz CT molecular complexity index is 340. The maximum atomic E-state index is 9.88. The summed E-state index contributed by atoms with van der Waals surface area (Å²) in [6, 6.07) is 7.65. The molecule has 1 atom stereocenters. The van der Waals surface area contributed by atoms with E-state index in [2.05, 4.69) is 18.7 Å². The second-order valence-electron chi connectivity index (χ2n) is 4.30. The van der Waals surface area contributed by atoms with Crippen molar-refractivity contribution in [2.75, 3.05) is 26.2 Å². The van der Waals surface area contributed by atoms with Crippen LogP contribution in [-0.4, -0.2) is 42.4 Å². The molecule has 0 aliphatic heterocycles. The lowest BCUT2D eigenvalue weighted by Gasteiger charge is -2.22. The predicted molar refractivity (Wildman–Crippen MR) is 73.6 cm³/mol. The van der Waals surface area contributed by atoms with Gasteiger partial charge in [0.1, 0.15) is 18.5 Å². The van der Waals surface area contributed by atoms with Gasteiger partial charge < -0.3 is 20.5 Å². The van der Waals surface area contributed by atoms with Gasteiger partial charge in [0.05, 0.1) is 0 Å². The van der Waals surface area contributed by atoms with E-state index in [0.29, 0.717) is 19.7 Å². The zero-order valence-corrected chi connectivity index (χ0v) is 11.3. The number of ether oxygens (including phenoxy) is 1. The molecule has 3 N–H and O–H groups in total. The number of likely N-dealkylation sites (N-methyl/N-ethyl adjacent to an activating group) is 1. The van der Waals surface area contributed by atoms with Crippen LogP contribution in [0.15, 0.2) is 24.3 Å². The van der Waals surface area contributed by atoms with E-state index >= 15 is 0 Å². The molecule has 0 aliphatic carbocycles. The molecular weight excluding hydrogens is 228 g/mol. The molecule has 0 aliphatic rings. The van der Waals surface area contributed by atoms with Crippen molar-refractivity contribution in [1.29, 1.82) is 0 Å². The van der Waals surface area contributed by atoms with Gasteiger partial charge in [-0.15, -0.1) is 0 Å². The smallest absolute Gasteiger partial charge is 0.119 e. The number of hydrogen-bond donors (Lipinski definition) is 2. The van der Waals surface area contributed by atoms with Crippen molar-refractivity contribution in [1.82, 2.24) is 4.90 Å². The summed E-state index contributed by atoms with van der Waals surface area (Å²) in [4.78, 5) is 2.17. The lowest BCUT2D eigenvalue weighted by molar-refractivity contribution is 0.0716. The van der Waals surface area contributed by atoms with Crippen molar-refractivity contribution in [2.24, 2.45) is 5.73 Å². The normalized spacial score (nSPS) is 12.7. The fourth-order valence-corrected chi connectivity index (χ4v) is 1.79. The van der Waals surface area contributed by atoms with Crippen LogP contribution >= 0.6 is 0 Å². The van der Waals surface area contributed by atoms with E-state index in [9.17, 15) is 5.11 Å².